The summed E-state index contributed by atoms with van der Waals surface area (Å²) in [6.45, 7) is 9.89. The summed E-state index contributed by atoms with van der Waals surface area (Å²) in [4.78, 5) is 2.45. The number of fused-ring (bicyclic) bond motifs is 9. The number of aromatic nitrogens is 2. The number of para-hydroxylation sites is 3. The molecule has 0 saturated carbocycles. The molecule has 73 heavy (non-hydrogen) atoms. The molecule has 0 spiro atoms. The van der Waals surface area contributed by atoms with Gasteiger partial charge in [-0.1, -0.05) is 122 Å². The minimum absolute atomic E-state index is 0.403. The molecule has 0 atom stereocenters. The number of anilines is 3. The lowest BCUT2D eigenvalue weighted by molar-refractivity contribution is 0.0145. The van der Waals surface area contributed by atoms with Crippen molar-refractivity contribution in [2.75, 3.05) is 85.2 Å². The van der Waals surface area contributed by atoms with Crippen molar-refractivity contribution < 1.29 is 28.4 Å². The van der Waals surface area contributed by atoms with Gasteiger partial charge in [0.05, 0.1) is 63.9 Å². The number of benzene rings is 7. The van der Waals surface area contributed by atoms with Gasteiger partial charge < -0.3 is 42.5 Å². The first-order chi connectivity index (χ1) is 36.1. The summed E-state index contributed by atoms with van der Waals surface area (Å²) in [5.74, 6) is 0. The maximum atomic E-state index is 6.40. The molecule has 0 saturated heterocycles. The van der Waals surface area contributed by atoms with Crippen LogP contribution in [0.5, 0.6) is 0 Å². The largest absolute Gasteiger partial charge is 0.382 e. The van der Waals surface area contributed by atoms with Crippen molar-refractivity contribution in [3.63, 3.8) is 0 Å². The van der Waals surface area contributed by atoms with Crippen LogP contribution in [0.2, 0.25) is 0 Å². The van der Waals surface area contributed by atoms with Crippen LogP contribution in [0, 0.1) is 0 Å². The highest BCUT2D eigenvalue weighted by Gasteiger charge is 2.43. The Morgan fingerprint density at radius 2 is 0.959 bits per heavy atom. The summed E-state index contributed by atoms with van der Waals surface area (Å²) < 4.78 is 39.5. The Morgan fingerprint density at radius 1 is 0.452 bits per heavy atom. The quantitative estimate of drug-likeness (QED) is 0.0395. The average Bonchev–Trinajstić information content (AvgIpc) is 4.04. The van der Waals surface area contributed by atoms with Gasteiger partial charge >= 0.3 is 0 Å². The molecule has 9 aromatic rings. The van der Waals surface area contributed by atoms with Crippen molar-refractivity contribution >= 4 is 60.7 Å². The second-order valence-corrected chi connectivity index (χ2v) is 18.4. The van der Waals surface area contributed by atoms with Crippen LogP contribution in [-0.4, -0.2) is 89.4 Å². The van der Waals surface area contributed by atoms with Gasteiger partial charge in [0, 0.05) is 94.7 Å². The van der Waals surface area contributed by atoms with Gasteiger partial charge in [0.1, 0.15) is 0 Å². The molecule has 0 amide bonds. The zero-order chi connectivity index (χ0) is 49.8. The molecule has 10 rings (SSSR count). The first-order valence-corrected chi connectivity index (χ1v) is 25.5. The maximum Gasteiger partial charge on any atom is 0.0701 e. The predicted molar refractivity (Wildman–Crippen MR) is 299 cm³/mol. The molecule has 372 valence electrons. The van der Waals surface area contributed by atoms with Gasteiger partial charge in [0.15, 0.2) is 0 Å². The highest BCUT2D eigenvalue weighted by molar-refractivity contribution is 6.12. The van der Waals surface area contributed by atoms with E-state index in [9.17, 15) is 0 Å². The van der Waals surface area contributed by atoms with Crippen molar-refractivity contribution in [3.05, 3.63) is 206 Å². The van der Waals surface area contributed by atoms with Gasteiger partial charge in [0.2, 0.25) is 0 Å². The maximum absolute atomic E-state index is 6.40. The lowest BCUT2D eigenvalue weighted by atomic mass is 9.73. The molecule has 9 heteroatoms. The third-order valence-corrected chi connectivity index (χ3v) is 14.2. The van der Waals surface area contributed by atoms with E-state index >= 15 is 0 Å². The van der Waals surface area contributed by atoms with Crippen molar-refractivity contribution in [3.8, 4) is 16.8 Å². The number of ether oxygens (including phenoxy) is 6. The summed E-state index contributed by atoms with van der Waals surface area (Å²) >= 11 is 0. The highest BCUT2D eigenvalue weighted by atomic mass is 16.5. The minimum Gasteiger partial charge on any atom is -0.382 e. The second-order valence-electron chi connectivity index (χ2n) is 18.4. The second kappa shape index (κ2) is 23.6. The van der Waals surface area contributed by atoms with Gasteiger partial charge in [-0.3, -0.25) is 0 Å². The smallest absolute Gasteiger partial charge is 0.0701 e. The fourth-order valence-electron chi connectivity index (χ4n) is 10.8. The zero-order valence-corrected chi connectivity index (χ0v) is 42.1. The molecule has 0 unspecified atom stereocenters. The Hall–Kier alpha value is -7.08. The van der Waals surface area contributed by atoms with Crippen LogP contribution in [0.15, 0.2) is 195 Å². The van der Waals surface area contributed by atoms with Gasteiger partial charge in [-0.15, -0.1) is 0 Å². The number of rotatable bonds is 26. The van der Waals surface area contributed by atoms with E-state index in [1.165, 1.54) is 60.3 Å². The Kier molecular flexibility index (Phi) is 16.0. The fourth-order valence-corrected chi connectivity index (χ4v) is 10.8. The predicted octanol–water partition coefficient (Wildman–Crippen LogP) is 14.1. The van der Waals surface area contributed by atoms with E-state index in [1.54, 1.807) is 20.3 Å². The molecule has 1 aliphatic carbocycles. The Bertz CT molecular complexity index is 3350. The van der Waals surface area contributed by atoms with Crippen LogP contribution in [0.1, 0.15) is 24.0 Å². The van der Waals surface area contributed by atoms with E-state index in [0.717, 1.165) is 47.7 Å². The SMILES string of the molecule is C=C/C=C\C=C/Cn1c2ccccc2c2cc(N(c3ccc4c(c3)C(CCOCCOCCOC)(CCOCCOCCOC)c3ccccc3-4)c3ccc4c(c3)c3ccccc3n4-c3ccccc3)ccc21. The van der Waals surface area contributed by atoms with Crippen LogP contribution < -0.4 is 4.90 Å². The van der Waals surface area contributed by atoms with Gasteiger partial charge in [-0.25, -0.2) is 0 Å². The number of hydrogen-bond donors (Lipinski definition) is 0. The van der Waals surface area contributed by atoms with Gasteiger partial charge in [-0.05, 0) is 108 Å². The number of nitrogens with zero attached hydrogens (tertiary/aromatic N) is 3. The van der Waals surface area contributed by atoms with Crippen LogP contribution in [-0.2, 0) is 40.4 Å². The third-order valence-electron chi connectivity index (χ3n) is 14.2. The molecule has 9 nitrogen and oxygen atoms in total. The standard InChI is InChI=1S/C64H65N3O6/c1-4-5-6-7-17-34-65-60-24-15-12-21-54(60)56-45-49(27-30-61(56)65)66(50-28-31-63-57(46-50)55-22-13-16-25-62(55)67(63)48-18-9-8-10-19-48)51-26-29-53-52-20-11-14-23-58(52)64(59(53)47-51,32-35-70-41-43-72-39-37-68-2)33-36-71-42-44-73-40-38-69-3/h4-31,45-47H,1,32-44H2,2-3H3/b6-5-,17-7-. The molecule has 0 N–H and O–H groups in total. The third kappa shape index (κ3) is 10.3. The molecule has 2 aromatic heterocycles. The Balaban J connectivity index is 1.11. The summed E-state index contributed by atoms with van der Waals surface area (Å²) in [6, 6.07) is 58.1. The number of methoxy groups -OCH3 is 2. The van der Waals surface area contributed by atoms with E-state index in [0.29, 0.717) is 66.1 Å². The Labute approximate surface area is 429 Å². The fraction of sp³-hybridized carbons (Fsp3) is 0.250. The number of allylic oxidation sites excluding steroid dienone is 5. The molecular formula is C64H65N3O6. The van der Waals surface area contributed by atoms with E-state index in [1.807, 2.05) is 12.2 Å². The minimum atomic E-state index is -0.403. The lowest BCUT2D eigenvalue weighted by Gasteiger charge is -2.34. The average molecular weight is 972 g/mol. The van der Waals surface area contributed by atoms with Gasteiger partial charge in [-0.2, -0.15) is 0 Å². The summed E-state index contributed by atoms with van der Waals surface area (Å²) in [5, 5.41) is 4.80. The van der Waals surface area contributed by atoms with Crippen molar-refractivity contribution in [1.82, 2.24) is 9.13 Å². The van der Waals surface area contributed by atoms with Crippen molar-refractivity contribution in [1.29, 1.82) is 0 Å². The lowest BCUT2D eigenvalue weighted by Crippen LogP contribution is -2.30. The summed E-state index contributed by atoms with van der Waals surface area (Å²) in [6.07, 6.45) is 11.6. The topological polar surface area (TPSA) is 68.5 Å². The van der Waals surface area contributed by atoms with Crippen LogP contribution in [0.4, 0.5) is 17.1 Å². The van der Waals surface area contributed by atoms with Crippen LogP contribution >= 0.6 is 0 Å². The van der Waals surface area contributed by atoms with E-state index in [4.69, 9.17) is 28.4 Å². The van der Waals surface area contributed by atoms with Crippen LogP contribution in [0.25, 0.3) is 60.4 Å². The van der Waals surface area contributed by atoms with E-state index in [-0.39, 0.29) is 0 Å². The molecule has 0 fully saturated rings. The summed E-state index contributed by atoms with van der Waals surface area (Å²) in [5.41, 5.74) is 13.7. The normalized spacial score (nSPS) is 13.1. The molecule has 7 aromatic carbocycles. The molecule has 0 radical (unpaired) electrons. The summed E-state index contributed by atoms with van der Waals surface area (Å²) in [7, 11) is 3.38. The Morgan fingerprint density at radius 3 is 1.64 bits per heavy atom. The number of hydrogen-bond acceptors (Lipinski definition) is 7. The van der Waals surface area contributed by atoms with Crippen LogP contribution in [0.3, 0.4) is 0 Å². The van der Waals surface area contributed by atoms with E-state index < -0.39 is 5.41 Å². The van der Waals surface area contributed by atoms with E-state index in [2.05, 4.69) is 190 Å². The molecule has 0 aliphatic heterocycles. The molecule has 1 aliphatic rings. The highest BCUT2D eigenvalue weighted by Crippen LogP contribution is 2.55. The van der Waals surface area contributed by atoms with Gasteiger partial charge in [0.25, 0.3) is 0 Å². The monoisotopic (exact) mass is 971 g/mol. The first kappa shape index (κ1) is 49.5. The molecule has 2 heterocycles. The first-order valence-electron chi connectivity index (χ1n) is 25.5. The molecule has 0 bridgehead atoms. The van der Waals surface area contributed by atoms with Crippen molar-refractivity contribution in [2.45, 2.75) is 24.8 Å². The molecular weight excluding hydrogens is 907 g/mol. The van der Waals surface area contributed by atoms with Crippen molar-refractivity contribution in [2.24, 2.45) is 0 Å². The zero-order valence-electron chi connectivity index (χ0n) is 42.1.